The van der Waals surface area contributed by atoms with E-state index >= 15 is 0 Å². The minimum absolute atomic E-state index is 0.808. The molecule has 1 nitrogen and oxygen atoms in total. The van der Waals surface area contributed by atoms with Gasteiger partial charge in [0.2, 0.25) is 0 Å². The van der Waals surface area contributed by atoms with Crippen LogP contribution in [0.15, 0.2) is 12.2 Å². The second kappa shape index (κ2) is 11.6. The summed E-state index contributed by atoms with van der Waals surface area (Å²) in [5, 5.41) is 3.49. The standard InChI is InChI=1S/C26H47N/c1-3-4-5-6-21-7-9-22(10-8-21)11-12-23-13-15-24(16-14-23)25-17-19-26(27-2)20-18-25/h11-12,21-27H,3-10,13-20H2,1-2H3/b12-11+. The van der Waals surface area contributed by atoms with Gasteiger partial charge in [0, 0.05) is 6.04 Å². The van der Waals surface area contributed by atoms with Gasteiger partial charge in [-0.3, -0.25) is 0 Å². The molecule has 156 valence electrons. The van der Waals surface area contributed by atoms with Crippen LogP contribution in [0.2, 0.25) is 0 Å². The summed E-state index contributed by atoms with van der Waals surface area (Å²) < 4.78 is 0. The van der Waals surface area contributed by atoms with Gasteiger partial charge in [-0.1, -0.05) is 44.8 Å². The van der Waals surface area contributed by atoms with E-state index in [0.717, 1.165) is 35.6 Å². The number of unbranched alkanes of at least 4 members (excludes halogenated alkanes) is 2. The molecule has 0 atom stereocenters. The predicted octanol–water partition coefficient (Wildman–Crippen LogP) is 7.51. The first-order valence-electron chi connectivity index (χ1n) is 12.6. The first-order chi connectivity index (χ1) is 13.3. The van der Waals surface area contributed by atoms with Gasteiger partial charge in [0.05, 0.1) is 0 Å². The molecule has 3 fully saturated rings. The lowest BCUT2D eigenvalue weighted by Gasteiger charge is -2.37. The van der Waals surface area contributed by atoms with Gasteiger partial charge in [0.1, 0.15) is 0 Å². The van der Waals surface area contributed by atoms with E-state index in [0.29, 0.717) is 0 Å². The van der Waals surface area contributed by atoms with Crippen LogP contribution in [-0.2, 0) is 0 Å². The molecular formula is C26H47N. The zero-order valence-electron chi connectivity index (χ0n) is 18.4. The summed E-state index contributed by atoms with van der Waals surface area (Å²) in [5.41, 5.74) is 0. The summed E-state index contributed by atoms with van der Waals surface area (Å²) in [5.74, 6) is 4.95. The lowest BCUT2D eigenvalue weighted by molar-refractivity contribution is 0.166. The largest absolute Gasteiger partial charge is 0.317 e. The summed E-state index contributed by atoms with van der Waals surface area (Å²) in [4.78, 5) is 0. The molecule has 0 aromatic rings. The number of nitrogens with one attached hydrogen (secondary N) is 1. The average molecular weight is 374 g/mol. The van der Waals surface area contributed by atoms with Crippen LogP contribution in [-0.4, -0.2) is 13.1 Å². The van der Waals surface area contributed by atoms with Crippen molar-refractivity contribution < 1.29 is 0 Å². The van der Waals surface area contributed by atoms with E-state index < -0.39 is 0 Å². The number of hydrogen-bond acceptors (Lipinski definition) is 1. The molecule has 0 saturated heterocycles. The Kier molecular flexibility index (Phi) is 9.23. The molecule has 0 heterocycles. The van der Waals surface area contributed by atoms with E-state index in [1.165, 1.54) is 103 Å². The van der Waals surface area contributed by atoms with E-state index in [2.05, 4.69) is 31.4 Å². The van der Waals surface area contributed by atoms with Crippen molar-refractivity contribution in [2.75, 3.05) is 7.05 Å². The highest BCUT2D eigenvalue weighted by atomic mass is 14.9. The highest BCUT2D eigenvalue weighted by molar-refractivity contribution is 4.97. The van der Waals surface area contributed by atoms with Crippen LogP contribution in [0.25, 0.3) is 0 Å². The number of hydrogen-bond donors (Lipinski definition) is 1. The molecular weight excluding hydrogens is 326 g/mol. The molecule has 3 aliphatic carbocycles. The number of rotatable bonds is 8. The Labute approximate surface area is 170 Å². The number of allylic oxidation sites excluding steroid dienone is 2. The fourth-order valence-electron chi connectivity index (χ4n) is 6.35. The van der Waals surface area contributed by atoms with E-state index in [-0.39, 0.29) is 0 Å². The fourth-order valence-corrected chi connectivity index (χ4v) is 6.35. The SMILES string of the molecule is CCCCCC1CCC(/C=C/C2CCC(C3CCC(NC)CC3)CC2)CC1. The van der Waals surface area contributed by atoms with Crippen LogP contribution in [0.1, 0.15) is 110 Å². The summed E-state index contributed by atoms with van der Waals surface area (Å²) in [7, 11) is 2.14. The summed E-state index contributed by atoms with van der Waals surface area (Å²) >= 11 is 0. The van der Waals surface area contributed by atoms with Crippen molar-refractivity contribution >= 4 is 0 Å². The van der Waals surface area contributed by atoms with Gasteiger partial charge in [0.15, 0.2) is 0 Å². The minimum Gasteiger partial charge on any atom is -0.317 e. The van der Waals surface area contributed by atoms with Gasteiger partial charge < -0.3 is 5.32 Å². The molecule has 0 radical (unpaired) electrons. The van der Waals surface area contributed by atoms with Crippen molar-refractivity contribution in [2.24, 2.45) is 29.6 Å². The smallest absolute Gasteiger partial charge is 0.00642 e. The van der Waals surface area contributed by atoms with Gasteiger partial charge >= 0.3 is 0 Å². The van der Waals surface area contributed by atoms with Gasteiger partial charge in [0.25, 0.3) is 0 Å². The molecule has 0 aromatic carbocycles. The quantitative estimate of drug-likeness (QED) is 0.343. The third-order valence-corrected chi connectivity index (χ3v) is 8.43. The Morgan fingerprint density at radius 2 is 1.19 bits per heavy atom. The van der Waals surface area contributed by atoms with Crippen LogP contribution in [0.4, 0.5) is 0 Å². The molecule has 0 aliphatic heterocycles. The Balaban J connectivity index is 1.30. The Morgan fingerprint density at radius 3 is 1.70 bits per heavy atom. The van der Waals surface area contributed by atoms with Crippen molar-refractivity contribution in [1.82, 2.24) is 5.32 Å². The molecule has 3 rings (SSSR count). The molecule has 1 heteroatoms. The van der Waals surface area contributed by atoms with E-state index in [9.17, 15) is 0 Å². The lowest BCUT2D eigenvalue weighted by atomic mass is 9.70. The topological polar surface area (TPSA) is 12.0 Å². The van der Waals surface area contributed by atoms with Crippen LogP contribution in [0.5, 0.6) is 0 Å². The van der Waals surface area contributed by atoms with Crippen LogP contribution < -0.4 is 5.32 Å². The van der Waals surface area contributed by atoms with Crippen molar-refractivity contribution in [3.63, 3.8) is 0 Å². The fraction of sp³-hybridized carbons (Fsp3) is 0.923. The second-order valence-corrected chi connectivity index (χ2v) is 10.2. The monoisotopic (exact) mass is 373 g/mol. The lowest BCUT2D eigenvalue weighted by Crippen LogP contribution is -2.33. The van der Waals surface area contributed by atoms with Crippen LogP contribution >= 0.6 is 0 Å². The molecule has 1 N–H and O–H groups in total. The third-order valence-electron chi connectivity index (χ3n) is 8.43. The van der Waals surface area contributed by atoms with Crippen LogP contribution in [0, 0.1) is 29.6 Å². The molecule has 0 amide bonds. The minimum atomic E-state index is 0.808. The normalized spacial score (nSPS) is 38.3. The van der Waals surface area contributed by atoms with Crippen molar-refractivity contribution in [1.29, 1.82) is 0 Å². The zero-order valence-corrected chi connectivity index (χ0v) is 18.4. The predicted molar refractivity (Wildman–Crippen MR) is 119 cm³/mol. The molecule has 0 spiro atoms. The summed E-state index contributed by atoms with van der Waals surface area (Å²) in [6.07, 6.45) is 28.8. The average Bonchev–Trinajstić information content (AvgIpc) is 2.74. The van der Waals surface area contributed by atoms with Crippen LogP contribution in [0.3, 0.4) is 0 Å². The summed E-state index contributed by atoms with van der Waals surface area (Å²) in [6.45, 7) is 2.32. The summed E-state index contributed by atoms with van der Waals surface area (Å²) in [6, 6.07) is 0.808. The third kappa shape index (κ3) is 6.91. The van der Waals surface area contributed by atoms with E-state index in [4.69, 9.17) is 0 Å². The molecule has 3 saturated carbocycles. The van der Waals surface area contributed by atoms with E-state index in [1.54, 1.807) is 0 Å². The van der Waals surface area contributed by atoms with E-state index in [1.807, 2.05) is 0 Å². The highest BCUT2D eigenvalue weighted by Crippen LogP contribution is 2.41. The maximum Gasteiger partial charge on any atom is 0.00642 e. The van der Waals surface area contributed by atoms with Crippen molar-refractivity contribution in [2.45, 2.75) is 116 Å². The first kappa shape index (κ1) is 21.4. The molecule has 3 aliphatic rings. The Bertz CT molecular complexity index is 404. The van der Waals surface area contributed by atoms with Crippen molar-refractivity contribution in [3.05, 3.63) is 12.2 Å². The maximum absolute atomic E-state index is 3.49. The van der Waals surface area contributed by atoms with Gasteiger partial charge in [-0.2, -0.15) is 0 Å². The van der Waals surface area contributed by atoms with Gasteiger partial charge in [-0.25, -0.2) is 0 Å². The van der Waals surface area contributed by atoms with Gasteiger partial charge in [-0.05, 0) is 114 Å². The first-order valence-corrected chi connectivity index (χ1v) is 12.6. The Hall–Kier alpha value is -0.300. The molecule has 0 bridgehead atoms. The maximum atomic E-state index is 3.49. The Morgan fingerprint density at radius 1 is 0.667 bits per heavy atom. The second-order valence-electron chi connectivity index (χ2n) is 10.2. The van der Waals surface area contributed by atoms with Crippen molar-refractivity contribution in [3.8, 4) is 0 Å². The highest BCUT2D eigenvalue weighted by Gasteiger charge is 2.30. The zero-order chi connectivity index (χ0) is 18.9. The molecule has 0 aromatic heterocycles. The van der Waals surface area contributed by atoms with Gasteiger partial charge in [-0.15, -0.1) is 0 Å². The molecule has 0 unspecified atom stereocenters. The molecule has 27 heavy (non-hydrogen) atoms.